The van der Waals surface area contributed by atoms with E-state index in [-0.39, 0.29) is 16.2 Å². The number of hydrogen-bond donors (Lipinski definition) is 1. The van der Waals surface area contributed by atoms with E-state index in [1.165, 1.54) is 24.3 Å². The van der Waals surface area contributed by atoms with Gasteiger partial charge in [0.25, 0.3) is 0 Å². The van der Waals surface area contributed by atoms with E-state index in [0.717, 1.165) is 0 Å². The molecule has 1 atom stereocenters. The van der Waals surface area contributed by atoms with Gasteiger partial charge < -0.3 is 5.11 Å². The van der Waals surface area contributed by atoms with Crippen LogP contribution in [-0.4, -0.2) is 32.6 Å². The molecule has 7 heteroatoms. The van der Waals surface area contributed by atoms with Crippen LogP contribution in [0.1, 0.15) is 6.42 Å². The SMILES string of the molecule is O=S(=O)(c1ccccc1)C1(S(=O)(=O)c2ccccc2)CC1CO. The Labute approximate surface area is 135 Å². The molecule has 2 aromatic rings. The van der Waals surface area contributed by atoms with Crippen LogP contribution in [0.4, 0.5) is 0 Å². The van der Waals surface area contributed by atoms with Crippen molar-refractivity contribution in [3.8, 4) is 0 Å². The largest absolute Gasteiger partial charge is 0.396 e. The maximum Gasteiger partial charge on any atom is 0.199 e. The maximum absolute atomic E-state index is 13.0. The van der Waals surface area contributed by atoms with E-state index in [2.05, 4.69) is 0 Å². The first kappa shape index (κ1) is 16.2. The van der Waals surface area contributed by atoms with E-state index in [1.54, 1.807) is 36.4 Å². The zero-order valence-corrected chi connectivity index (χ0v) is 13.8. The Kier molecular flexibility index (Phi) is 3.82. The zero-order chi connectivity index (χ0) is 16.7. The molecule has 1 aliphatic carbocycles. The number of rotatable bonds is 5. The molecule has 1 aliphatic rings. The average Bonchev–Trinajstić information content (AvgIpc) is 3.34. The van der Waals surface area contributed by atoms with E-state index in [0.29, 0.717) is 0 Å². The molecule has 0 radical (unpaired) electrons. The van der Waals surface area contributed by atoms with Gasteiger partial charge in [-0.1, -0.05) is 36.4 Å². The number of hydrogen-bond acceptors (Lipinski definition) is 5. The van der Waals surface area contributed by atoms with Crippen molar-refractivity contribution in [3.05, 3.63) is 60.7 Å². The highest BCUT2D eigenvalue weighted by Crippen LogP contribution is 2.58. The first-order valence-corrected chi connectivity index (χ1v) is 10.0. The van der Waals surface area contributed by atoms with Gasteiger partial charge >= 0.3 is 0 Å². The van der Waals surface area contributed by atoms with Gasteiger partial charge in [0, 0.05) is 12.5 Å². The van der Waals surface area contributed by atoms with E-state index in [9.17, 15) is 21.9 Å². The Morgan fingerprint density at radius 1 is 0.826 bits per heavy atom. The Bertz CT molecular complexity index is 834. The maximum atomic E-state index is 13.0. The van der Waals surface area contributed by atoms with Gasteiger partial charge in [0.2, 0.25) is 0 Å². The molecular formula is C16H16O5S2. The summed E-state index contributed by atoms with van der Waals surface area (Å²) in [5.74, 6) is -0.821. The molecule has 0 aromatic heterocycles. The standard InChI is InChI=1S/C16H16O5S2/c17-12-13-11-16(13,22(18,19)14-7-3-1-4-8-14)23(20,21)15-9-5-2-6-10-15/h1-10,13,17H,11-12H2. The molecular weight excluding hydrogens is 336 g/mol. The monoisotopic (exact) mass is 352 g/mol. The second-order valence-electron chi connectivity index (χ2n) is 5.53. The summed E-state index contributed by atoms with van der Waals surface area (Å²) < 4.78 is 50.1. The van der Waals surface area contributed by atoms with Crippen LogP contribution in [0.2, 0.25) is 0 Å². The molecule has 0 spiro atoms. The highest BCUT2D eigenvalue weighted by molar-refractivity contribution is 8.10. The van der Waals surface area contributed by atoms with Crippen molar-refractivity contribution >= 4 is 19.7 Å². The fourth-order valence-electron chi connectivity index (χ4n) is 2.89. The fraction of sp³-hybridized carbons (Fsp3) is 0.250. The van der Waals surface area contributed by atoms with E-state index < -0.39 is 36.3 Å². The lowest BCUT2D eigenvalue weighted by Gasteiger charge is -2.19. The second kappa shape index (κ2) is 5.43. The molecule has 1 unspecified atom stereocenters. The van der Waals surface area contributed by atoms with Crippen molar-refractivity contribution in [3.63, 3.8) is 0 Å². The fourth-order valence-corrected chi connectivity index (χ4v) is 8.32. The van der Waals surface area contributed by atoms with Crippen LogP contribution in [0.25, 0.3) is 0 Å². The van der Waals surface area contributed by atoms with Crippen molar-refractivity contribution in [1.82, 2.24) is 0 Å². The van der Waals surface area contributed by atoms with Crippen molar-refractivity contribution in [2.75, 3.05) is 6.61 Å². The Balaban J connectivity index is 2.21. The topological polar surface area (TPSA) is 88.5 Å². The van der Waals surface area contributed by atoms with Gasteiger partial charge in [-0.3, -0.25) is 0 Å². The van der Waals surface area contributed by atoms with E-state index >= 15 is 0 Å². The quantitative estimate of drug-likeness (QED) is 0.884. The van der Waals surface area contributed by atoms with Gasteiger partial charge in [-0.25, -0.2) is 16.8 Å². The molecule has 3 rings (SSSR count). The van der Waals surface area contributed by atoms with E-state index in [1.807, 2.05) is 0 Å². The highest BCUT2D eigenvalue weighted by Gasteiger charge is 2.72. The molecule has 1 saturated carbocycles. The van der Waals surface area contributed by atoms with Crippen molar-refractivity contribution in [2.45, 2.75) is 20.3 Å². The summed E-state index contributed by atoms with van der Waals surface area (Å²) >= 11 is 0. The number of sulfone groups is 2. The van der Waals surface area contributed by atoms with Gasteiger partial charge in [0.1, 0.15) is 0 Å². The van der Waals surface area contributed by atoms with Gasteiger partial charge in [0.15, 0.2) is 23.8 Å². The molecule has 0 aliphatic heterocycles. The molecule has 23 heavy (non-hydrogen) atoms. The second-order valence-corrected chi connectivity index (χ2v) is 10.2. The van der Waals surface area contributed by atoms with Crippen LogP contribution < -0.4 is 0 Å². The third kappa shape index (κ3) is 2.22. The third-order valence-corrected chi connectivity index (χ3v) is 10.2. The molecule has 0 bridgehead atoms. The van der Waals surface area contributed by atoms with Crippen molar-refractivity contribution in [2.24, 2.45) is 5.92 Å². The Morgan fingerprint density at radius 3 is 1.52 bits per heavy atom. The van der Waals surface area contributed by atoms with Crippen LogP contribution in [0, 0.1) is 5.92 Å². The zero-order valence-electron chi connectivity index (χ0n) is 12.2. The van der Waals surface area contributed by atoms with Crippen LogP contribution >= 0.6 is 0 Å². The minimum atomic E-state index is -4.14. The normalized spacial score (nSPS) is 20.1. The number of aliphatic hydroxyl groups is 1. The number of aliphatic hydroxyl groups excluding tert-OH is 1. The Hall–Kier alpha value is -1.70. The summed E-state index contributed by atoms with van der Waals surface area (Å²) in [6, 6.07) is 15.0. The van der Waals surface area contributed by atoms with Gasteiger partial charge in [-0.15, -0.1) is 0 Å². The molecule has 1 fully saturated rings. The minimum Gasteiger partial charge on any atom is -0.396 e. The lowest BCUT2D eigenvalue weighted by Crippen LogP contribution is -2.36. The van der Waals surface area contributed by atoms with Crippen molar-refractivity contribution < 1.29 is 21.9 Å². The summed E-state index contributed by atoms with van der Waals surface area (Å²) in [5.41, 5.74) is 0. The molecule has 2 aromatic carbocycles. The minimum absolute atomic E-state index is 0.0459. The predicted molar refractivity (Wildman–Crippen MR) is 85.2 cm³/mol. The van der Waals surface area contributed by atoms with Crippen molar-refractivity contribution in [1.29, 1.82) is 0 Å². The van der Waals surface area contributed by atoms with Gasteiger partial charge in [0.05, 0.1) is 9.79 Å². The molecule has 0 saturated heterocycles. The van der Waals surface area contributed by atoms with Crippen LogP contribution in [-0.2, 0) is 19.7 Å². The first-order valence-electron chi connectivity index (χ1n) is 7.08. The molecule has 0 heterocycles. The molecule has 122 valence electrons. The smallest absolute Gasteiger partial charge is 0.199 e. The number of benzene rings is 2. The first-order chi connectivity index (χ1) is 10.9. The molecule has 5 nitrogen and oxygen atoms in total. The highest BCUT2D eigenvalue weighted by atomic mass is 32.3. The van der Waals surface area contributed by atoms with Gasteiger partial charge in [-0.2, -0.15) is 0 Å². The molecule has 0 amide bonds. The predicted octanol–water partition coefficient (Wildman–Crippen LogP) is 1.64. The summed E-state index contributed by atoms with van der Waals surface area (Å²) in [6.07, 6.45) is -0.0993. The van der Waals surface area contributed by atoms with E-state index in [4.69, 9.17) is 0 Å². The van der Waals surface area contributed by atoms with Crippen LogP contribution in [0.15, 0.2) is 70.5 Å². The lowest BCUT2D eigenvalue weighted by atomic mass is 10.4. The average molecular weight is 352 g/mol. The summed E-state index contributed by atoms with van der Waals surface area (Å²) in [4.78, 5) is -0.0917. The third-order valence-electron chi connectivity index (χ3n) is 4.23. The summed E-state index contributed by atoms with van der Waals surface area (Å²) in [7, 11) is -8.28. The van der Waals surface area contributed by atoms with Crippen LogP contribution in [0.5, 0.6) is 0 Å². The molecule has 1 N–H and O–H groups in total. The lowest BCUT2D eigenvalue weighted by molar-refractivity contribution is 0.274. The van der Waals surface area contributed by atoms with Gasteiger partial charge in [-0.05, 0) is 30.7 Å². The Morgan fingerprint density at radius 2 is 1.22 bits per heavy atom. The summed E-state index contributed by atoms with van der Waals surface area (Å²) in [5, 5.41) is 9.43. The van der Waals surface area contributed by atoms with Crippen LogP contribution in [0.3, 0.4) is 0 Å². The summed E-state index contributed by atoms with van der Waals surface area (Å²) in [6.45, 7) is -0.488.